The molecule has 3 heteroatoms. The molecule has 1 N–H and O–H groups in total. The monoisotopic (exact) mass is 282 g/mol. The molecule has 1 aromatic heterocycles. The maximum atomic E-state index is 10.6. The lowest BCUT2D eigenvalue weighted by atomic mass is 9.80. The summed E-state index contributed by atoms with van der Waals surface area (Å²) in [6, 6.07) is 2.29. The fraction of sp³-hybridized carbons (Fsp3) is 0.733. The minimum atomic E-state index is -0.196. The summed E-state index contributed by atoms with van der Waals surface area (Å²) >= 11 is 3.90. The van der Waals surface area contributed by atoms with Crippen molar-refractivity contribution in [3.63, 3.8) is 0 Å². The van der Waals surface area contributed by atoms with Crippen LogP contribution >= 0.6 is 23.1 Å². The second kappa shape index (κ2) is 5.56. The van der Waals surface area contributed by atoms with Crippen molar-refractivity contribution in [2.24, 2.45) is 11.8 Å². The van der Waals surface area contributed by atoms with Gasteiger partial charge in [0.15, 0.2) is 0 Å². The first-order valence-corrected chi connectivity index (χ1v) is 9.08. The van der Waals surface area contributed by atoms with Crippen LogP contribution in [0.5, 0.6) is 0 Å². The van der Waals surface area contributed by atoms with Gasteiger partial charge in [0.1, 0.15) is 0 Å². The highest BCUT2D eigenvalue weighted by Gasteiger charge is 2.27. The number of hydrogen-bond donors (Lipinski definition) is 1. The molecule has 3 rings (SSSR count). The molecule has 2 aliphatic rings. The molecule has 1 aliphatic heterocycles. The Labute approximate surface area is 118 Å². The summed E-state index contributed by atoms with van der Waals surface area (Å²) < 4.78 is 0. The van der Waals surface area contributed by atoms with Crippen molar-refractivity contribution < 1.29 is 5.11 Å². The maximum Gasteiger partial charge on any atom is 0.0910 e. The highest BCUT2D eigenvalue weighted by Crippen LogP contribution is 2.41. The fourth-order valence-electron chi connectivity index (χ4n) is 3.15. The van der Waals surface area contributed by atoms with E-state index in [0.717, 1.165) is 11.7 Å². The Morgan fingerprint density at radius 3 is 2.78 bits per heavy atom. The second-order valence-electron chi connectivity index (χ2n) is 5.86. The van der Waals surface area contributed by atoms with Gasteiger partial charge >= 0.3 is 0 Å². The summed E-state index contributed by atoms with van der Waals surface area (Å²) in [4.78, 5) is 2.77. The van der Waals surface area contributed by atoms with Crippen molar-refractivity contribution in [2.45, 2.75) is 50.9 Å². The Kier molecular flexibility index (Phi) is 4.02. The summed E-state index contributed by atoms with van der Waals surface area (Å²) in [5.41, 5.74) is 1.49. The number of thioether (sulfide) groups is 1. The van der Waals surface area contributed by atoms with Gasteiger partial charge in [0.05, 0.1) is 6.10 Å². The van der Waals surface area contributed by atoms with Crippen molar-refractivity contribution >= 4 is 23.1 Å². The van der Waals surface area contributed by atoms with E-state index in [2.05, 4.69) is 13.0 Å². The Morgan fingerprint density at radius 2 is 2.06 bits per heavy atom. The lowest BCUT2D eigenvalue weighted by molar-refractivity contribution is 0.0784. The number of fused-ring (bicyclic) bond motifs is 1. The van der Waals surface area contributed by atoms with Crippen molar-refractivity contribution in [1.29, 1.82) is 0 Å². The van der Waals surface area contributed by atoms with E-state index in [-0.39, 0.29) is 6.10 Å². The summed E-state index contributed by atoms with van der Waals surface area (Å²) in [6.45, 7) is 2.34. The molecule has 0 saturated heterocycles. The number of aliphatic hydroxyl groups excluding tert-OH is 1. The predicted molar refractivity (Wildman–Crippen MR) is 80.3 cm³/mol. The van der Waals surface area contributed by atoms with Crippen LogP contribution in [0.2, 0.25) is 0 Å². The van der Waals surface area contributed by atoms with Crippen molar-refractivity contribution in [3.05, 3.63) is 21.4 Å². The number of hydrogen-bond acceptors (Lipinski definition) is 3. The number of aliphatic hydroxyl groups is 1. The van der Waals surface area contributed by atoms with Crippen LogP contribution in [0, 0.1) is 11.8 Å². The van der Waals surface area contributed by atoms with Crippen LogP contribution in [0.4, 0.5) is 0 Å². The molecule has 100 valence electrons. The van der Waals surface area contributed by atoms with Gasteiger partial charge in [-0.2, -0.15) is 11.8 Å². The van der Waals surface area contributed by atoms with Gasteiger partial charge < -0.3 is 5.11 Å². The molecule has 1 nitrogen and oxygen atoms in total. The molecule has 0 amide bonds. The molecule has 1 unspecified atom stereocenters. The first-order valence-electron chi connectivity index (χ1n) is 7.11. The summed E-state index contributed by atoms with van der Waals surface area (Å²) in [6.07, 6.45) is 6.02. The molecule has 1 atom stereocenters. The lowest BCUT2D eigenvalue weighted by Crippen LogP contribution is -2.18. The number of rotatable bonds is 2. The standard InChI is InChI=1S/C15H22OS2/c1-10-2-4-11(5-3-10)15(16)14-8-12-9-17-7-6-13(12)18-14/h8,10-11,15-16H,2-7,9H2,1H3. The number of thiophene rings is 1. The third-order valence-corrected chi connectivity index (χ3v) is 6.76. The molecule has 1 aromatic rings. The average molecular weight is 282 g/mol. The van der Waals surface area contributed by atoms with Gasteiger partial charge in [-0.3, -0.25) is 0 Å². The van der Waals surface area contributed by atoms with Crippen LogP contribution in [0.15, 0.2) is 6.07 Å². The Bertz CT molecular complexity index is 381. The van der Waals surface area contributed by atoms with E-state index in [1.165, 1.54) is 53.2 Å². The zero-order valence-electron chi connectivity index (χ0n) is 11.0. The SMILES string of the molecule is CC1CCC(C(O)c2cc3c(s2)CCSC3)CC1. The summed E-state index contributed by atoms with van der Waals surface area (Å²) in [7, 11) is 0. The molecule has 0 radical (unpaired) electrons. The van der Waals surface area contributed by atoms with E-state index in [1.807, 2.05) is 23.1 Å². The quantitative estimate of drug-likeness (QED) is 0.867. The third-order valence-electron chi connectivity index (χ3n) is 4.45. The Balaban J connectivity index is 1.71. The molecule has 0 aromatic carbocycles. The van der Waals surface area contributed by atoms with Gasteiger partial charge in [0, 0.05) is 15.5 Å². The molecule has 1 fully saturated rings. The molecule has 0 bridgehead atoms. The van der Waals surface area contributed by atoms with Crippen LogP contribution in [-0.4, -0.2) is 10.9 Å². The van der Waals surface area contributed by atoms with E-state index < -0.39 is 0 Å². The minimum absolute atomic E-state index is 0.196. The summed E-state index contributed by atoms with van der Waals surface area (Å²) in [5, 5.41) is 10.6. The van der Waals surface area contributed by atoms with Crippen molar-refractivity contribution in [2.75, 3.05) is 5.75 Å². The molecule has 18 heavy (non-hydrogen) atoms. The van der Waals surface area contributed by atoms with Crippen molar-refractivity contribution in [1.82, 2.24) is 0 Å². The molecule has 1 saturated carbocycles. The lowest BCUT2D eigenvalue weighted by Gasteiger charge is -2.29. The molecular weight excluding hydrogens is 260 g/mol. The van der Waals surface area contributed by atoms with Gasteiger partial charge in [-0.15, -0.1) is 11.3 Å². The fourth-order valence-corrected chi connectivity index (χ4v) is 5.61. The van der Waals surface area contributed by atoms with Crippen molar-refractivity contribution in [3.8, 4) is 0 Å². The molecule has 0 spiro atoms. The number of aryl methyl sites for hydroxylation is 1. The minimum Gasteiger partial charge on any atom is -0.387 e. The Hall–Kier alpha value is 0.01000. The molecule has 2 heterocycles. The largest absolute Gasteiger partial charge is 0.387 e. The molecular formula is C15H22OS2. The van der Waals surface area contributed by atoms with Crippen LogP contribution in [0.25, 0.3) is 0 Å². The van der Waals surface area contributed by atoms with Crippen LogP contribution in [0.3, 0.4) is 0 Å². The molecule has 1 aliphatic carbocycles. The zero-order valence-corrected chi connectivity index (χ0v) is 12.7. The maximum absolute atomic E-state index is 10.6. The van der Waals surface area contributed by atoms with Crippen LogP contribution < -0.4 is 0 Å². The Morgan fingerprint density at radius 1 is 1.28 bits per heavy atom. The topological polar surface area (TPSA) is 20.2 Å². The first kappa shape index (κ1) is 13.0. The van der Waals surface area contributed by atoms with Gasteiger partial charge in [0.25, 0.3) is 0 Å². The highest BCUT2D eigenvalue weighted by molar-refractivity contribution is 7.98. The normalized spacial score (nSPS) is 29.9. The smallest absolute Gasteiger partial charge is 0.0910 e. The highest BCUT2D eigenvalue weighted by atomic mass is 32.2. The van der Waals surface area contributed by atoms with Crippen LogP contribution in [-0.2, 0) is 12.2 Å². The van der Waals surface area contributed by atoms with E-state index in [0.29, 0.717) is 5.92 Å². The van der Waals surface area contributed by atoms with Gasteiger partial charge in [-0.1, -0.05) is 19.8 Å². The predicted octanol–water partition coefficient (Wildman–Crippen LogP) is 4.40. The van der Waals surface area contributed by atoms with Gasteiger partial charge in [-0.05, 0) is 48.5 Å². The van der Waals surface area contributed by atoms with E-state index in [4.69, 9.17) is 0 Å². The van der Waals surface area contributed by atoms with Gasteiger partial charge in [0.2, 0.25) is 0 Å². The van der Waals surface area contributed by atoms with E-state index in [9.17, 15) is 5.11 Å². The second-order valence-corrected chi connectivity index (χ2v) is 8.14. The first-order chi connectivity index (χ1) is 8.74. The zero-order chi connectivity index (χ0) is 12.5. The van der Waals surface area contributed by atoms with Gasteiger partial charge in [-0.25, -0.2) is 0 Å². The van der Waals surface area contributed by atoms with E-state index >= 15 is 0 Å². The third kappa shape index (κ3) is 2.63. The van der Waals surface area contributed by atoms with Crippen LogP contribution in [0.1, 0.15) is 54.0 Å². The summed E-state index contributed by atoms with van der Waals surface area (Å²) in [5.74, 6) is 3.78. The van der Waals surface area contributed by atoms with E-state index in [1.54, 1.807) is 0 Å². The average Bonchev–Trinajstić information content (AvgIpc) is 2.82.